The Hall–Kier alpha value is -6.38. The van der Waals surface area contributed by atoms with Crippen LogP contribution in [0.5, 0.6) is 0 Å². The Labute approximate surface area is 305 Å². The topological polar surface area (TPSA) is 9.86 Å². The van der Waals surface area contributed by atoms with Crippen LogP contribution in [0, 0.1) is 0 Å². The summed E-state index contributed by atoms with van der Waals surface area (Å²) >= 11 is 0. The van der Waals surface area contributed by atoms with Gasteiger partial charge in [-0.05, 0) is 101 Å². The lowest BCUT2D eigenvalue weighted by molar-refractivity contribution is 1.04. The highest BCUT2D eigenvalue weighted by atomic mass is 15.0. The first-order chi connectivity index (χ1) is 25.8. The van der Waals surface area contributed by atoms with Crippen molar-refractivity contribution in [1.29, 1.82) is 0 Å². The first kappa shape index (κ1) is 31.6. The molecule has 0 aliphatic heterocycles. The van der Waals surface area contributed by atoms with E-state index in [1.54, 1.807) is 0 Å². The van der Waals surface area contributed by atoms with Crippen LogP contribution in [-0.4, -0.2) is 9.13 Å². The van der Waals surface area contributed by atoms with Gasteiger partial charge in [-0.1, -0.05) is 141 Å². The van der Waals surface area contributed by atoms with Gasteiger partial charge in [0.1, 0.15) is 0 Å². The molecule has 52 heavy (non-hydrogen) atoms. The highest BCUT2D eigenvalue weighted by Gasteiger charge is 2.20. The summed E-state index contributed by atoms with van der Waals surface area (Å²) in [4.78, 5) is 0. The van der Waals surface area contributed by atoms with Gasteiger partial charge in [0.05, 0.1) is 22.1 Å². The van der Waals surface area contributed by atoms with Gasteiger partial charge in [0.15, 0.2) is 0 Å². The van der Waals surface area contributed by atoms with E-state index < -0.39 is 0 Å². The molecule has 250 valence electrons. The summed E-state index contributed by atoms with van der Waals surface area (Å²) in [6.45, 7) is 4.00. The monoisotopic (exact) mass is 668 g/mol. The van der Waals surface area contributed by atoms with Crippen molar-refractivity contribution in [2.45, 2.75) is 26.7 Å². The van der Waals surface area contributed by atoms with Crippen molar-refractivity contribution >= 4 is 49.2 Å². The molecule has 0 saturated carbocycles. The Bertz CT molecular complexity index is 2770. The van der Waals surface area contributed by atoms with Crippen molar-refractivity contribution in [2.75, 3.05) is 0 Å². The third-order valence-corrected chi connectivity index (χ3v) is 10.4. The first-order valence-corrected chi connectivity index (χ1v) is 18.5. The van der Waals surface area contributed by atoms with Crippen molar-refractivity contribution in [3.63, 3.8) is 0 Å². The van der Waals surface area contributed by atoms with Crippen LogP contribution in [0.15, 0.2) is 182 Å². The van der Waals surface area contributed by atoms with E-state index in [-0.39, 0.29) is 0 Å². The van der Waals surface area contributed by atoms with Crippen molar-refractivity contribution in [1.82, 2.24) is 9.13 Å². The number of benzene rings is 7. The zero-order valence-electron chi connectivity index (χ0n) is 29.6. The summed E-state index contributed by atoms with van der Waals surface area (Å²) in [6.07, 6.45) is 9.12. The minimum atomic E-state index is 1.11. The van der Waals surface area contributed by atoms with Crippen LogP contribution in [-0.2, 0) is 0 Å². The normalized spacial score (nSPS) is 12.7. The van der Waals surface area contributed by atoms with E-state index in [1.165, 1.54) is 77.0 Å². The SMILES string of the molecule is C1=CC(c2cccc(-c3ccc(-n4c5ccccc5c5c6c7ccccc7n(-c7ccc(-c8ccccc8)cc7)c6ccc54)cc3)c2)=CCC1.CC. The molecule has 0 saturated heterocycles. The molecular weight excluding hydrogens is 629 g/mol. The Morgan fingerprint density at radius 1 is 0.385 bits per heavy atom. The molecule has 10 rings (SSSR count). The molecular formula is C50H40N2. The van der Waals surface area contributed by atoms with Crippen molar-refractivity contribution < 1.29 is 0 Å². The van der Waals surface area contributed by atoms with E-state index in [4.69, 9.17) is 0 Å². The van der Waals surface area contributed by atoms with Crippen LogP contribution in [0.25, 0.3) is 82.8 Å². The summed E-state index contributed by atoms with van der Waals surface area (Å²) in [7, 11) is 0. The molecule has 0 fully saturated rings. The lowest BCUT2D eigenvalue weighted by Gasteiger charge is -2.12. The van der Waals surface area contributed by atoms with E-state index in [0.29, 0.717) is 0 Å². The van der Waals surface area contributed by atoms with Gasteiger partial charge in [-0.15, -0.1) is 0 Å². The number of fused-ring (bicyclic) bond motifs is 7. The highest BCUT2D eigenvalue weighted by Crippen LogP contribution is 2.42. The zero-order chi connectivity index (χ0) is 35.0. The summed E-state index contributed by atoms with van der Waals surface area (Å²) in [5.74, 6) is 0. The average Bonchev–Trinajstić information content (AvgIpc) is 3.75. The van der Waals surface area contributed by atoms with Crippen molar-refractivity contribution in [3.8, 4) is 33.6 Å². The second kappa shape index (κ2) is 13.4. The maximum absolute atomic E-state index is 2.43. The first-order valence-electron chi connectivity index (χ1n) is 18.5. The molecule has 2 heterocycles. The summed E-state index contributed by atoms with van der Waals surface area (Å²) in [6, 6.07) is 59.9. The van der Waals surface area contributed by atoms with Gasteiger partial charge < -0.3 is 9.13 Å². The highest BCUT2D eigenvalue weighted by molar-refractivity contribution is 6.28. The van der Waals surface area contributed by atoms with Gasteiger partial charge in [-0.25, -0.2) is 0 Å². The molecule has 0 amide bonds. The fraction of sp³-hybridized carbons (Fsp3) is 0.0800. The number of para-hydroxylation sites is 2. The van der Waals surface area contributed by atoms with Gasteiger partial charge in [0, 0.05) is 32.9 Å². The van der Waals surface area contributed by atoms with E-state index in [2.05, 4.69) is 191 Å². The average molecular weight is 669 g/mol. The summed E-state index contributed by atoms with van der Waals surface area (Å²) < 4.78 is 4.86. The van der Waals surface area contributed by atoms with Gasteiger partial charge in [-0.2, -0.15) is 0 Å². The van der Waals surface area contributed by atoms with Crippen LogP contribution in [0.2, 0.25) is 0 Å². The summed E-state index contributed by atoms with van der Waals surface area (Å²) in [5, 5.41) is 5.11. The predicted molar refractivity (Wildman–Crippen MR) is 224 cm³/mol. The van der Waals surface area contributed by atoms with Gasteiger partial charge in [0.2, 0.25) is 0 Å². The lowest BCUT2D eigenvalue weighted by Crippen LogP contribution is -1.95. The van der Waals surface area contributed by atoms with Crippen LogP contribution in [0.1, 0.15) is 32.3 Å². The number of allylic oxidation sites excluding steroid dienone is 4. The fourth-order valence-corrected chi connectivity index (χ4v) is 8.02. The number of hydrogen-bond acceptors (Lipinski definition) is 0. The molecule has 1 aliphatic carbocycles. The Balaban J connectivity index is 0.00000177. The van der Waals surface area contributed by atoms with Crippen LogP contribution in [0.3, 0.4) is 0 Å². The number of hydrogen-bond donors (Lipinski definition) is 0. The van der Waals surface area contributed by atoms with E-state index >= 15 is 0 Å². The second-order valence-electron chi connectivity index (χ2n) is 13.2. The van der Waals surface area contributed by atoms with Crippen molar-refractivity contribution in [2.24, 2.45) is 0 Å². The number of rotatable bonds is 5. The standard InChI is InChI=1S/C48H34N2.C2H6/c1-3-12-33(13-4-1)35-22-26-39(27-23-35)49-43-20-9-7-18-41(43)47-45(49)30-31-46-48(47)42-19-8-10-21-44(42)50(46)40-28-24-36(25-29-40)38-17-11-16-37(32-38)34-14-5-2-6-15-34;1-2/h1,3-5,7-32H,2,6H2;1-2H3. The third kappa shape index (κ3) is 5.27. The Morgan fingerprint density at radius 3 is 1.42 bits per heavy atom. The molecule has 1 aliphatic rings. The molecule has 9 aromatic rings. The minimum absolute atomic E-state index is 1.11. The Kier molecular flexibility index (Phi) is 8.14. The molecule has 2 aromatic heterocycles. The molecule has 0 unspecified atom stereocenters. The van der Waals surface area contributed by atoms with Gasteiger partial charge in [-0.3, -0.25) is 0 Å². The van der Waals surface area contributed by atoms with E-state index in [1.807, 2.05) is 13.8 Å². The number of nitrogens with zero attached hydrogens (tertiary/aromatic N) is 2. The van der Waals surface area contributed by atoms with Crippen LogP contribution < -0.4 is 0 Å². The minimum Gasteiger partial charge on any atom is -0.309 e. The molecule has 2 heteroatoms. The maximum Gasteiger partial charge on any atom is 0.0548 e. The zero-order valence-corrected chi connectivity index (χ0v) is 29.6. The largest absolute Gasteiger partial charge is 0.309 e. The smallest absolute Gasteiger partial charge is 0.0548 e. The molecule has 0 spiro atoms. The molecule has 2 nitrogen and oxygen atoms in total. The maximum atomic E-state index is 2.43. The third-order valence-electron chi connectivity index (χ3n) is 10.4. The molecule has 0 N–H and O–H groups in total. The predicted octanol–water partition coefficient (Wildman–Crippen LogP) is 14.0. The molecule has 0 radical (unpaired) electrons. The Morgan fingerprint density at radius 2 is 0.865 bits per heavy atom. The van der Waals surface area contributed by atoms with Crippen LogP contribution in [0.4, 0.5) is 0 Å². The van der Waals surface area contributed by atoms with Crippen LogP contribution >= 0.6 is 0 Å². The molecule has 7 aromatic carbocycles. The lowest BCUT2D eigenvalue weighted by atomic mass is 9.96. The molecule has 0 atom stereocenters. The fourth-order valence-electron chi connectivity index (χ4n) is 8.02. The summed E-state index contributed by atoms with van der Waals surface area (Å²) in [5.41, 5.74) is 14.7. The van der Waals surface area contributed by atoms with Gasteiger partial charge in [0.25, 0.3) is 0 Å². The van der Waals surface area contributed by atoms with Crippen molar-refractivity contribution in [3.05, 3.63) is 188 Å². The quantitative estimate of drug-likeness (QED) is 0.173. The second-order valence-corrected chi connectivity index (χ2v) is 13.2. The number of aromatic nitrogens is 2. The van der Waals surface area contributed by atoms with E-state index in [0.717, 1.165) is 24.2 Å². The van der Waals surface area contributed by atoms with E-state index in [9.17, 15) is 0 Å². The molecule has 0 bridgehead atoms. The van der Waals surface area contributed by atoms with Gasteiger partial charge >= 0.3 is 0 Å².